The maximum Gasteiger partial charge on any atom is 0.459 e. The Morgan fingerprint density at radius 3 is 1.76 bits per heavy atom. The molecule has 10 heteroatoms. The van der Waals surface area contributed by atoms with Gasteiger partial charge in [-0.05, 0) is 20.8 Å². The van der Waals surface area contributed by atoms with Crippen molar-refractivity contribution in [2.24, 2.45) is 0 Å². The number of rotatable bonds is 5. The van der Waals surface area contributed by atoms with E-state index >= 15 is 0 Å². The normalized spacial score (nSPS) is 17.0. The van der Waals surface area contributed by atoms with Crippen molar-refractivity contribution in [3.05, 3.63) is 0 Å². The zero-order chi connectivity index (χ0) is 14.3. The molecule has 0 aromatic carbocycles. The molecule has 0 aliphatic rings. The Bertz CT molecular complexity index is 376. The highest BCUT2D eigenvalue weighted by atomic mass is 32.2. The summed E-state index contributed by atoms with van der Waals surface area (Å²) in [6, 6.07) is 0. The van der Waals surface area contributed by atoms with E-state index in [0.29, 0.717) is 0 Å². The number of hydrogen-bond acceptors (Lipinski definition) is 3. The Kier molecular flexibility index (Phi) is 4.20. The minimum atomic E-state index is -6.39. The van der Waals surface area contributed by atoms with Crippen molar-refractivity contribution in [2.45, 2.75) is 43.9 Å². The van der Waals surface area contributed by atoms with Crippen molar-refractivity contribution >= 4 is 10.1 Å². The van der Waals surface area contributed by atoms with Crippen LogP contribution in [0, 0.1) is 0 Å². The van der Waals surface area contributed by atoms with Gasteiger partial charge >= 0.3 is 21.5 Å². The van der Waals surface area contributed by atoms with Crippen LogP contribution in [0.25, 0.3) is 0 Å². The van der Waals surface area contributed by atoms with Crippen LogP contribution >= 0.6 is 0 Å². The number of alkyl halides is 5. The molecule has 0 radical (unpaired) electrons. The van der Waals surface area contributed by atoms with E-state index in [1.807, 2.05) is 0 Å². The minimum Gasteiger partial charge on any atom is -0.306 e. The smallest absolute Gasteiger partial charge is 0.306 e. The summed E-state index contributed by atoms with van der Waals surface area (Å²) < 4.78 is 95.5. The quantitative estimate of drug-likeness (QED) is 0.621. The van der Waals surface area contributed by atoms with Crippen molar-refractivity contribution < 1.29 is 39.7 Å². The second kappa shape index (κ2) is 4.32. The first-order valence-corrected chi connectivity index (χ1v) is 5.66. The summed E-state index contributed by atoms with van der Waals surface area (Å²) in [5.74, 6) is 0. The molecule has 0 aromatic rings. The molecule has 0 spiro atoms. The summed E-state index contributed by atoms with van der Waals surface area (Å²) in [6.07, 6.45) is -7.64. The van der Waals surface area contributed by atoms with Crippen LogP contribution in [0.3, 0.4) is 0 Å². The van der Waals surface area contributed by atoms with Crippen LogP contribution in [-0.4, -0.2) is 36.1 Å². The van der Waals surface area contributed by atoms with Crippen LogP contribution in [-0.2, 0) is 14.9 Å². The van der Waals surface area contributed by atoms with Crippen LogP contribution < -0.4 is 0 Å². The van der Waals surface area contributed by atoms with Gasteiger partial charge in [0.2, 0.25) is 0 Å². The number of hydrogen-bond donors (Lipinski definition) is 1. The molecule has 4 nitrogen and oxygen atoms in total. The van der Waals surface area contributed by atoms with Crippen molar-refractivity contribution in [3.63, 3.8) is 0 Å². The Morgan fingerprint density at radius 2 is 1.53 bits per heavy atom. The van der Waals surface area contributed by atoms with Gasteiger partial charge in [0.25, 0.3) is 0 Å². The van der Waals surface area contributed by atoms with Crippen LogP contribution in [0.4, 0.5) is 22.0 Å². The maximum absolute atomic E-state index is 12.9. The molecule has 0 heterocycles. The van der Waals surface area contributed by atoms with E-state index in [4.69, 9.17) is 4.55 Å². The van der Waals surface area contributed by atoms with Crippen molar-refractivity contribution in [1.29, 1.82) is 0 Å². The molecule has 0 saturated heterocycles. The van der Waals surface area contributed by atoms with E-state index in [2.05, 4.69) is 4.74 Å². The largest absolute Gasteiger partial charge is 0.459 e. The SMILES string of the molecule is CC(F)C(C)(C)OC(F)(F)C(F)(F)S(=O)(=O)O. The van der Waals surface area contributed by atoms with Gasteiger partial charge in [0.05, 0.1) is 0 Å². The Labute approximate surface area is 94.5 Å². The Morgan fingerprint density at radius 1 is 1.18 bits per heavy atom. The van der Waals surface area contributed by atoms with Crippen LogP contribution in [0.1, 0.15) is 20.8 Å². The van der Waals surface area contributed by atoms with Crippen molar-refractivity contribution in [3.8, 4) is 0 Å². The molecule has 0 rings (SSSR count). The maximum atomic E-state index is 12.9. The topological polar surface area (TPSA) is 63.6 Å². The molecule has 0 saturated carbocycles. The predicted molar refractivity (Wildman–Crippen MR) is 47.2 cm³/mol. The summed E-state index contributed by atoms with van der Waals surface area (Å²) in [6.45, 7) is 2.22. The van der Waals surface area contributed by atoms with Gasteiger partial charge in [0, 0.05) is 0 Å². The third-order valence-corrected chi connectivity index (χ3v) is 2.90. The first-order chi connectivity index (χ1) is 7.15. The van der Waals surface area contributed by atoms with Gasteiger partial charge in [-0.1, -0.05) is 0 Å². The van der Waals surface area contributed by atoms with Gasteiger partial charge in [0.1, 0.15) is 11.8 Å². The van der Waals surface area contributed by atoms with E-state index in [9.17, 15) is 30.4 Å². The highest BCUT2D eigenvalue weighted by Crippen LogP contribution is 2.42. The highest BCUT2D eigenvalue weighted by Gasteiger charge is 2.69. The number of halogens is 5. The van der Waals surface area contributed by atoms with Gasteiger partial charge in [-0.25, -0.2) is 4.39 Å². The Hall–Kier alpha value is -0.480. The molecule has 0 amide bonds. The summed E-state index contributed by atoms with van der Waals surface area (Å²) in [4.78, 5) is 0. The molecule has 1 unspecified atom stereocenters. The predicted octanol–water partition coefficient (Wildman–Crippen LogP) is 2.21. The first-order valence-electron chi connectivity index (χ1n) is 4.22. The van der Waals surface area contributed by atoms with Crippen molar-refractivity contribution in [2.75, 3.05) is 0 Å². The molecule has 0 aliphatic carbocycles. The molecule has 0 aliphatic heterocycles. The monoisotopic (exact) mass is 286 g/mol. The molecule has 1 atom stereocenters. The van der Waals surface area contributed by atoms with E-state index in [-0.39, 0.29) is 0 Å². The van der Waals surface area contributed by atoms with Gasteiger partial charge < -0.3 is 4.74 Å². The van der Waals surface area contributed by atoms with Gasteiger partial charge in [-0.3, -0.25) is 4.55 Å². The highest BCUT2D eigenvalue weighted by molar-refractivity contribution is 7.86. The Balaban J connectivity index is 5.32. The lowest BCUT2D eigenvalue weighted by molar-refractivity contribution is -0.358. The van der Waals surface area contributed by atoms with Gasteiger partial charge in [-0.15, -0.1) is 0 Å². The second-order valence-corrected chi connectivity index (χ2v) is 5.29. The third kappa shape index (κ3) is 3.26. The fraction of sp³-hybridized carbons (Fsp3) is 1.00. The first kappa shape index (κ1) is 16.5. The van der Waals surface area contributed by atoms with Crippen molar-refractivity contribution in [1.82, 2.24) is 0 Å². The van der Waals surface area contributed by atoms with E-state index < -0.39 is 33.3 Å². The molecule has 0 fully saturated rings. The van der Waals surface area contributed by atoms with E-state index in [0.717, 1.165) is 20.8 Å². The standard InChI is InChI=1S/C7H11F5O4S/c1-4(8)5(2,3)16-6(9,10)7(11,12)17(13,14)15/h4H,1-3H3,(H,13,14,15). The second-order valence-electron chi connectivity index (χ2n) is 3.83. The summed E-state index contributed by atoms with van der Waals surface area (Å²) >= 11 is 0. The van der Waals surface area contributed by atoms with E-state index in [1.165, 1.54) is 0 Å². The zero-order valence-corrected chi connectivity index (χ0v) is 9.86. The molecule has 104 valence electrons. The fourth-order valence-electron chi connectivity index (χ4n) is 0.621. The third-order valence-electron chi connectivity index (χ3n) is 2.01. The lowest BCUT2D eigenvalue weighted by atomic mass is 10.1. The minimum absolute atomic E-state index is 0.728. The van der Waals surface area contributed by atoms with Gasteiger partial charge in [-0.2, -0.15) is 26.0 Å². The summed E-state index contributed by atoms with van der Waals surface area (Å²) in [7, 11) is -6.39. The molecular weight excluding hydrogens is 275 g/mol. The lowest BCUT2D eigenvalue weighted by Crippen LogP contribution is -2.53. The summed E-state index contributed by atoms with van der Waals surface area (Å²) in [5, 5.41) is -5.87. The molecule has 0 aromatic heterocycles. The van der Waals surface area contributed by atoms with Gasteiger partial charge in [0.15, 0.2) is 0 Å². The molecule has 17 heavy (non-hydrogen) atoms. The van der Waals surface area contributed by atoms with Crippen LogP contribution in [0.5, 0.6) is 0 Å². The van der Waals surface area contributed by atoms with E-state index in [1.54, 1.807) is 0 Å². The fourth-order valence-corrected chi connectivity index (χ4v) is 0.963. The average Bonchev–Trinajstić information content (AvgIpc) is 1.98. The molecule has 0 bridgehead atoms. The summed E-state index contributed by atoms with van der Waals surface area (Å²) in [5.41, 5.74) is -2.36. The lowest BCUT2D eigenvalue weighted by Gasteiger charge is -2.33. The van der Waals surface area contributed by atoms with Crippen LogP contribution in [0.2, 0.25) is 0 Å². The molecular formula is C7H11F5O4S. The number of ether oxygens (including phenoxy) is 1. The molecule has 1 N–H and O–H groups in total. The van der Waals surface area contributed by atoms with Crippen LogP contribution in [0.15, 0.2) is 0 Å². The zero-order valence-electron chi connectivity index (χ0n) is 9.05. The average molecular weight is 286 g/mol.